The van der Waals surface area contributed by atoms with Gasteiger partial charge in [-0.25, -0.2) is 19.6 Å². The molecule has 0 N–H and O–H groups in total. The van der Waals surface area contributed by atoms with Crippen molar-refractivity contribution < 1.29 is 9.53 Å². The molecule has 1 fully saturated rings. The summed E-state index contributed by atoms with van der Waals surface area (Å²) in [5.41, 5.74) is 2.07. The van der Waals surface area contributed by atoms with Crippen LogP contribution >= 0.6 is 11.6 Å². The molecule has 2 aromatic heterocycles. The van der Waals surface area contributed by atoms with Gasteiger partial charge in [0.1, 0.15) is 12.7 Å². The summed E-state index contributed by atoms with van der Waals surface area (Å²) in [5.74, 6) is 0.231. The molecule has 9 nitrogen and oxygen atoms in total. The number of hydrogen-bond donors (Lipinski definition) is 0. The molecule has 0 radical (unpaired) electrons. The summed E-state index contributed by atoms with van der Waals surface area (Å²) in [6, 6.07) is 7.62. The van der Waals surface area contributed by atoms with E-state index in [0.717, 1.165) is 11.3 Å². The van der Waals surface area contributed by atoms with E-state index in [1.165, 1.54) is 12.5 Å². The van der Waals surface area contributed by atoms with Crippen molar-refractivity contribution in [2.24, 2.45) is 0 Å². The summed E-state index contributed by atoms with van der Waals surface area (Å²) in [7, 11) is 1.74. The second kappa shape index (κ2) is 8.76. The third-order valence-electron chi connectivity index (χ3n) is 5.19. The van der Waals surface area contributed by atoms with Crippen LogP contribution in [0.2, 0.25) is 5.02 Å². The molecular formula is C20H22ClN7O2. The molecule has 1 amide bonds. The Kier molecular flexibility index (Phi) is 5.91. The van der Waals surface area contributed by atoms with Crippen LogP contribution in [0.15, 0.2) is 43.1 Å². The van der Waals surface area contributed by atoms with Gasteiger partial charge in [-0.1, -0.05) is 23.7 Å². The second-order valence-electron chi connectivity index (χ2n) is 6.99. The highest BCUT2D eigenvalue weighted by Gasteiger charge is 2.24. The number of anilines is 1. The van der Waals surface area contributed by atoms with Crippen molar-refractivity contribution in [3.05, 3.63) is 59.4 Å². The van der Waals surface area contributed by atoms with Gasteiger partial charge in [0.25, 0.3) is 5.91 Å². The smallest absolute Gasteiger partial charge is 0.274 e. The van der Waals surface area contributed by atoms with Crippen LogP contribution in [0.4, 0.5) is 5.95 Å². The van der Waals surface area contributed by atoms with Crippen LogP contribution in [0, 0.1) is 0 Å². The first-order valence-electron chi connectivity index (χ1n) is 9.62. The minimum atomic E-state index is -0.259. The number of carbonyl (C=O) groups is 1. The quantitative estimate of drug-likeness (QED) is 0.617. The molecule has 1 saturated heterocycles. The number of hydrogen-bond acceptors (Lipinski definition) is 7. The normalized spacial score (nSPS) is 15.1. The molecule has 3 heterocycles. The van der Waals surface area contributed by atoms with E-state index in [2.05, 4.69) is 20.1 Å². The summed E-state index contributed by atoms with van der Waals surface area (Å²) in [5, 5.41) is 4.35. The number of carbonyl (C=O) groups excluding carboxylic acids is 1. The topological polar surface area (TPSA) is 89.3 Å². The number of aromatic nitrogens is 5. The number of benzene rings is 1. The minimum Gasteiger partial charge on any atom is -0.378 e. The zero-order valence-corrected chi connectivity index (χ0v) is 17.5. The standard InChI is InChI=1S/C20H22ClN7O2/c1-14(15-3-5-16(6-4-15)28-13-22-12-24-28)26(2)19(29)18-17(21)11-23-20(25-18)27-7-9-30-10-8-27/h3-6,11-14H,7-10H2,1-2H3/t14-/m0/s1. The van der Waals surface area contributed by atoms with Gasteiger partial charge >= 0.3 is 0 Å². The van der Waals surface area contributed by atoms with E-state index >= 15 is 0 Å². The first kappa shape index (κ1) is 20.2. The molecule has 156 valence electrons. The lowest BCUT2D eigenvalue weighted by atomic mass is 10.1. The molecule has 30 heavy (non-hydrogen) atoms. The molecule has 0 bridgehead atoms. The fourth-order valence-electron chi connectivity index (χ4n) is 3.24. The van der Waals surface area contributed by atoms with E-state index in [1.807, 2.05) is 36.1 Å². The van der Waals surface area contributed by atoms with E-state index in [9.17, 15) is 4.79 Å². The molecule has 0 spiro atoms. The molecule has 0 aliphatic carbocycles. The highest BCUT2D eigenvalue weighted by molar-refractivity contribution is 6.33. The molecule has 10 heteroatoms. The van der Waals surface area contributed by atoms with Gasteiger partial charge in [-0.3, -0.25) is 4.79 Å². The van der Waals surface area contributed by atoms with Gasteiger partial charge in [-0.2, -0.15) is 5.10 Å². The predicted octanol–water partition coefficient (Wildman–Crippen LogP) is 2.38. The molecule has 1 aliphatic heterocycles. The van der Waals surface area contributed by atoms with Crippen molar-refractivity contribution in [1.82, 2.24) is 29.6 Å². The van der Waals surface area contributed by atoms with Crippen molar-refractivity contribution in [2.45, 2.75) is 13.0 Å². The number of rotatable bonds is 5. The fraction of sp³-hybridized carbons (Fsp3) is 0.350. The SMILES string of the molecule is C[C@@H](c1ccc(-n2cncn2)cc1)N(C)C(=O)c1nc(N2CCOCC2)ncc1Cl. The first-order chi connectivity index (χ1) is 14.5. The molecule has 0 saturated carbocycles. The van der Waals surface area contributed by atoms with Crippen molar-refractivity contribution in [1.29, 1.82) is 0 Å². The Hall–Kier alpha value is -3.04. The van der Waals surface area contributed by atoms with Crippen molar-refractivity contribution in [2.75, 3.05) is 38.3 Å². The van der Waals surface area contributed by atoms with Crippen LogP contribution in [-0.2, 0) is 4.74 Å². The Balaban J connectivity index is 1.52. The highest BCUT2D eigenvalue weighted by Crippen LogP contribution is 2.25. The van der Waals surface area contributed by atoms with Gasteiger partial charge in [0.15, 0.2) is 5.69 Å². The molecule has 1 aromatic carbocycles. The summed E-state index contributed by atoms with van der Waals surface area (Å²) < 4.78 is 7.04. The molecule has 4 rings (SSSR count). The molecule has 1 aliphatic rings. The van der Waals surface area contributed by atoms with Crippen molar-refractivity contribution in [3.8, 4) is 5.69 Å². The van der Waals surface area contributed by atoms with E-state index in [0.29, 0.717) is 32.3 Å². The number of ether oxygens (including phenoxy) is 1. The maximum Gasteiger partial charge on any atom is 0.274 e. The van der Waals surface area contributed by atoms with Crippen LogP contribution in [-0.4, -0.2) is 68.9 Å². The zero-order valence-electron chi connectivity index (χ0n) is 16.8. The van der Waals surface area contributed by atoms with Crippen molar-refractivity contribution in [3.63, 3.8) is 0 Å². The van der Waals surface area contributed by atoms with Crippen molar-refractivity contribution >= 4 is 23.5 Å². The van der Waals surface area contributed by atoms with Crippen LogP contribution < -0.4 is 4.90 Å². The maximum atomic E-state index is 13.2. The summed E-state index contributed by atoms with van der Waals surface area (Å²) in [6.45, 7) is 4.53. The lowest BCUT2D eigenvalue weighted by Crippen LogP contribution is -2.38. The molecule has 0 unspecified atom stereocenters. The zero-order chi connectivity index (χ0) is 21.1. The third-order valence-corrected chi connectivity index (χ3v) is 5.46. The molecular weight excluding hydrogens is 406 g/mol. The lowest BCUT2D eigenvalue weighted by molar-refractivity contribution is 0.0736. The van der Waals surface area contributed by atoms with Gasteiger partial charge in [0.2, 0.25) is 5.95 Å². The number of amides is 1. The molecule has 3 aromatic rings. The van der Waals surface area contributed by atoms with Crippen LogP contribution in [0.5, 0.6) is 0 Å². The Labute approximate surface area is 179 Å². The van der Waals surface area contributed by atoms with Gasteiger partial charge in [-0.15, -0.1) is 0 Å². The van der Waals surface area contributed by atoms with Gasteiger partial charge in [0.05, 0.1) is 36.2 Å². The van der Waals surface area contributed by atoms with Crippen LogP contribution in [0.1, 0.15) is 29.0 Å². The summed E-state index contributed by atoms with van der Waals surface area (Å²) in [6.07, 6.45) is 4.61. The predicted molar refractivity (Wildman–Crippen MR) is 112 cm³/mol. The van der Waals surface area contributed by atoms with Gasteiger partial charge in [0, 0.05) is 20.1 Å². The minimum absolute atomic E-state index is 0.180. The van der Waals surface area contributed by atoms with E-state index in [-0.39, 0.29) is 22.7 Å². The lowest BCUT2D eigenvalue weighted by Gasteiger charge is -2.28. The molecule has 1 atom stereocenters. The maximum absolute atomic E-state index is 13.2. The number of nitrogens with zero attached hydrogens (tertiary/aromatic N) is 7. The van der Waals surface area contributed by atoms with Gasteiger partial charge < -0.3 is 14.5 Å². The largest absolute Gasteiger partial charge is 0.378 e. The Bertz CT molecular complexity index is 1000. The van der Waals surface area contributed by atoms with E-state index in [1.54, 1.807) is 23.0 Å². The average molecular weight is 428 g/mol. The highest BCUT2D eigenvalue weighted by atomic mass is 35.5. The number of morpholine rings is 1. The summed E-state index contributed by atoms with van der Waals surface area (Å²) >= 11 is 6.27. The Morgan fingerprint density at radius 1 is 1.23 bits per heavy atom. The average Bonchev–Trinajstić information content (AvgIpc) is 3.34. The fourth-order valence-corrected chi connectivity index (χ4v) is 3.41. The van der Waals surface area contributed by atoms with E-state index < -0.39 is 0 Å². The Morgan fingerprint density at radius 2 is 1.97 bits per heavy atom. The van der Waals surface area contributed by atoms with Gasteiger partial charge in [-0.05, 0) is 24.6 Å². The van der Waals surface area contributed by atoms with Crippen LogP contribution in [0.25, 0.3) is 5.69 Å². The monoisotopic (exact) mass is 427 g/mol. The number of halogens is 1. The second-order valence-corrected chi connectivity index (χ2v) is 7.40. The van der Waals surface area contributed by atoms with Crippen LogP contribution in [0.3, 0.4) is 0 Å². The Morgan fingerprint density at radius 3 is 2.63 bits per heavy atom. The third kappa shape index (κ3) is 4.12. The van der Waals surface area contributed by atoms with E-state index in [4.69, 9.17) is 16.3 Å². The summed E-state index contributed by atoms with van der Waals surface area (Å²) in [4.78, 5) is 29.5. The first-order valence-corrected chi connectivity index (χ1v) is 9.99.